The SMILES string of the molecule is CCOC(=O)c1cnc2c(cnn2Cc2ccccc2)c1-c1ccc(F)cc1C. The van der Waals surface area contributed by atoms with Gasteiger partial charge in [-0.1, -0.05) is 36.4 Å². The van der Waals surface area contributed by atoms with E-state index in [4.69, 9.17) is 4.74 Å². The van der Waals surface area contributed by atoms with E-state index in [1.165, 1.54) is 18.3 Å². The summed E-state index contributed by atoms with van der Waals surface area (Å²) in [6, 6.07) is 14.5. The highest BCUT2D eigenvalue weighted by Gasteiger charge is 2.21. The molecular weight excluding hydrogens is 369 g/mol. The van der Waals surface area contributed by atoms with Gasteiger partial charge in [-0.25, -0.2) is 18.9 Å². The number of ether oxygens (including phenoxy) is 1. The molecule has 0 amide bonds. The van der Waals surface area contributed by atoms with Crippen molar-refractivity contribution in [3.8, 4) is 11.1 Å². The third-order valence-electron chi connectivity index (χ3n) is 4.79. The number of benzene rings is 2. The quantitative estimate of drug-likeness (QED) is 0.461. The summed E-state index contributed by atoms with van der Waals surface area (Å²) >= 11 is 0. The number of rotatable bonds is 5. The zero-order valence-electron chi connectivity index (χ0n) is 16.2. The van der Waals surface area contributed by atoms with Gasteiger partial charge in [0.25, 0.3) is 0 Å². The molecule has 2 aromatic carbocycles. The molecule has 0 aliphatic carbocycles. The van der Waals surface area contributed by atoms with Crippen LogP contribution in [0.5, 0.6) is 0 Å². The average Bonchev–Trinajstić information content (AvgIpc) is 3.11. The van der Waals surface area contributed by atoms with Crippen molar-refractivity contribution < 1.29 is 13.9 Å². The highest BCUT2D eigenvalue weighted by molar-refractivity contribution is 6.06. The first-order chi connectivity index (χ1) is 14.1. The molecule has 0 atom stereocenters. The molecule has 6 heteroatoms. The minimum Gasteiger partial charge on any atom is -0.462 e. The fraction of sp³-hybridized carbons (Fsp3) is 0.174. The minimum atomic E-state index is -0.462. The van der Waals surface area contributed by atoms with Crippen LogP contribution in [0.25, 0.3) is 22.2 Å². The first-order valence-corrected chi connectivity index (χ1v) is 9.40. The number of pyridine rings is 1. The third kappa shape index (κ3) is 3.61. The van der Waals surface area contributed by atoms with Crippen molar-refractivity contribution in [3.63, 3.8) is 0 Å². The van der Waals surface area contributed by atoms with Gasteiger partial charge in [0.15, 0.2) is 5.65 Å². The smallest absolute Gasteiger partial charge is 0.340 e. The van der Waals surface area contributed by atoms with E-state index in [2.05, 4.69) is 10.1 Å². The van der Waals surface area contributed by atoms with E-state index in [9.17, 15) is 9.18 Å². The number of hydrogen-bond donors (Lipinski definition) is 0. The summed E-state index contributed by atoms with van der Waals surface area (Å²) in [5, 5.41) is 5.22. The van der Waals surface area contributed by atoms with Gasteiger partial charge in [-0.15, -0.1) is 0 Å². The van der Waals surface area contributed by atoms with Gasteiger partial charge in [-0.2, -0.15) is 5.10 Å². The first kappa shape index (κ1) is 18.8. The lowest BCUT2D eigenvalue weighted by Gasteiger charge is -2.13. The highest BCUT2D eigenvalue weighted by Crippen LogP contribution is 2.34. The molecule has 2 heterocycles. The normalized spacial score (nSPS) is 11.0. The lowest BCUT2D eigenvalue weighted by molar-refractivity contribution is 0.0527. The number of fused-ring (bicyclic) bond motifs is 1. The summed E-state index contributed by atoms with van der Waals surface area (Å²) in [6.07, 6.45) is 3.22. The van der Waals surface area contributed by atoms with E-state index in [0.717, 1.165) is 22.1 Å². The third-order valence-corrected chi connectivity index (χ3v) is 4.79. The van der Waals surface area contributed by atoms with Crippen LogP contribution in [-0.4, -0.2) is 27.3 Å². The second-order valence-corrected chi connectivity index (χ2v) is 6.75. The summed E-state index contributed by atoms with van der Waals surface area (Å²) in [6.45, 7) is 4.38. The number of nitrogens with zero attached hydrogens (tertiary/aromatic N) is 3. The Morgan fingerprint density at radius 2 is 1.93 bits per heavy atom. The number of carbonyl (C=O) groups is 1. The van der Waals surface area contributed by atoms with Crippen LogP contribution < -0.4 is 0 Å². The summed E-state index contributed by atoms with van der Waals surface area (Å²) in [5.41, 5.74) is 4.22. The van der Waals surface area contributed by atoms with Crippen LogP contribution in [0.1, 0.15) is 28.4 Å². The van der Waals surface area contributed by atoms with Crippen LogP contribution in [0.2, 0.25) is 0 Å². The fourth-order valence-corrected chi connectivity index (χ4v) is 3.46. The van der Waals surface area contributed by atoms with E-state index in [1.807, 2.05) is 37.3 Å². The van der Waals surface area contributed by atoms with E-state index in [0.29, 0.717) is 23.3 Å². The monoisotopic (exact) mass is 389 g/mol. The first-order valence-electron chi connectivity index (χ1n) is 9.40. The van der Waals surface area contributed by atoms with Gasteiger partial charge < -0.3 is 4.74 Å². The Labute approximate surface area is 167 Å². The van der Waals surface area contributed by atoms with E-state index in [1.54, 1.807) is 23.9 Å². The molecule has 0 unspecified atom stereocenters. The lowest BCUT2D eigenvalue weighted by atomic mass is 9.95. The van der Waals surface area contributed by atoms with Crippen LogP contribution in [0.4, 0.5) is 4.39 Å². The molecular formula is C23H20FN3O2. The Hall–Kier alpha value is -3.54. The number of halogens is 1. The van der Waals surface area contributed by atoms with Crippen LogP contribution in [0.15, 0.2) is 60.9 Å². The number of hydrogen-bond acceptors (Lipinski definition) is 4. The van der Waals surface area contributed by atoms with E-state index in [-0.39, 0.29) is 12.4 Å². The molecule has 0 saturated carbocycles. The fourth-order valence-electron chi connectivity index (χ4n) is 3.46. The Kier molecular flexibility index (Phi) is 5.08. The van der Waals surface area contributed by atoms with Crippen LogP contribution >= 0.6 is 0 Å². The minimum absolute atomic E-state index is 0.256. The Bertz CT molecular complexity index is 1190. The molecule has 0 aliphatic rings. The van der Waals surface area contributed by atoms with Gasteiger partial charge >= 0.3 is 5.97 Å². The summed E-state index contributed by atoms with van der Waals surface area (Å²) in [5.74, 6) is -0.787. The van der Waals surface area contributed by atoms with Crippen LogP contribution in [-0.2, 0) is 11.3 Å². The zero-order valence-corrected chi connectivity index (χ0v) is 16.2. The Morgan fingerprint density at radius 1 is 1.14 bits per heavy atom. The predicted octanol–water partition coefficient (Wildman–Crippen LogP) is 4.77. The van der Waals surface area contributed by atoms with E-state index < -0.39 is 5.97 Å². The molecule has 4 aromatic rings. The maximum atomic E-state index is 13.7. The van der Waals surface area contributed by atoms with Crippen LogP contribution in [0.3, 0.4) is 0 Å². The molecule has 0 fully saturated rings. The largest absolute Gasteiger partial charge is 0.462 e. The highest BCUT2D eigenvalue weighted by atomic mass is 19.1. The van der Waals surface area contributed by atoms with Gasteiger partial charge in [-0.05, 0) is 42.7 Å². The Balaban J connectivity index is 1.91. The van der Waals surface area contributed by atoms with Crippen molar-refractivity contribution in [3.05, 3.63) is 83.4 Å². The van der Waals surface area contributed by atoms with Gasteiger partial charge in [0, 0.05) is 17.1 Å². The second-order valence-electron chi connectivity index (χ2n) is 6.75. The van der Waals surface area contributed by atoms with Crippen molar-refractivity contribution in [1.29, 1.82) is 0 Å². The molecule has 146 valence electrons. The molecule has 4 rings (SSSR count). The lowest BCUT2D eigenvalue weighted by Crippen LogP contribution is -2.09. The van der Waals surface area contributed by atoms with Gasteiger partial charge in [0.05, 0.1) is 24.9 Å². The van der Waals surface area contributed by atoms with Gasteiger partial charge in [0.2, 0.25) is 0 Å². The van der Waals surface area contributed by atoms with Crippen LogP contribution in [0, 0.1) is 12.7 Å². The maximum Gasteiger partial charge on any atom is 0.340 e. The molecule has 0 saturated heterocycles. The van der Waals surface area contributed by atoms with E-state index >= 15 is 0 Å². The average molecular weight is 389 g/mol. The number of aromatic nitrogens is 3. The summed E-state index contributed by atoms with van der Waals surface area (Å²) < 4.78 is 20.7. The van der Waals surface area contributed by atoms with Crippen molar-refractivity contribution >= 4 is 17.0 Å². The molecule has 29 heavy (non-hydrogen) atoms. The molecule has 0 spiro atoms. The molecule has 0 N–H and O–H groups in total. The van der Waals surface area contributed by atoms with Crippen molar-refractivity contribution in [2.45, 2.75) is 20.4 Å². The molecule has 0 radical (unpaired) electrons. The topological polar surface area (TPSA) is 57.0 Å². The van der Waals surface area contributed by atoms with Crippen molar-refractivity contribution in [1.82, 2.24) is 14.8 Å². The van der Waals surface area contributed by atoms with Crippen molar-refractivity contribution in [2.24, 2.45) is 0 Å². The molecule has 0 bridgehead atoms. The van der Waals surface area contributed by atoms with Gasteiger partial charge in [0.1, 0.15) is 5.82 Å². The number of aryl methyl sites for hydroxylation is 1. The zero-order chi connectivity index (χ0) is 20.4. The summed E-state index contributed by atoms with van der Waals surface area (Å²) in [4.78, 5) is 17.1. The maximum absolute atomic E-state index is 13.7. The second kappa shape index (κ2) is 7.83. The molecule has 2 aromatic heterocycles. The number of carbonyl (C=O) groups excluding carboxylic acids is 1. The molecule has 0 aliphatic heterocycles. The molecule has 5 nitrogen and oxygen atoms in total. The number of esters is 1. The Morgan fingerprint density at radius 3 is 2.66 bits per heavy atom. The predicted molar refractivity (Wildman–Crippen MR) is 109 cm³/mol. The van der Waals surface area contributed by atoms with Crippen molar-refractivity contribution in [2.75, 3.05) is 6.61 Å². The standard InChI is InChI=1S/C23H20FN3O2/c1-3-29-23(28)20-12-25-22-19(21(20)18-10-9-17(24)11-15(18)2)13-26-27(22)14-16-7-5-4-6-8-16/h4-13H,3,14H2,1-2H3. The van der Waals surface area contributed by atoms with Gasteiger partial charge in [-0.3, -0.25) is 0 Å². The summed E-state index contributed by atoms with van der Waals surface area (Å²) in [7, 11) is 0.